The summed E-state index contributed by atoms with van der Waals surface area (Å²) < 4.78 is 0. The van der Waals surface area contributed by atoms with E-state index in [1.54, 1.807) is 0 Å². The van der Waals surface area contributed by atoms with Crippen molar-refractivity contribution in [2.24, 2.45) is 5.73 Å². The van der Waals surface area contributed by atoms with Gasteiger partial charge in [0.05, 0.1) is 16.1 Å². The van der Waals surface area contributed by atoms with Crippen molar-refractivity contribution < 1.29 is 0 Å². The molecule has 112 valence electrons. The monoisotopic (exact) mass is 314 g/mol. The second kappa shape index (κ2) is 6.23. The predicted molar refractivity (Wildman–Crippen MR) is 87.5 cm³/mol. The zero-order valence-electron chi connectivity index (χ0n) is 12.5. The molecule has 2 N–H and O–H groups in total. The highest BCUT2D eigenvalue weighted by atomic mass is 35.5. The summed E-state index contributed by atoms with van der Waals surface area (Å²) in [5.41, 5.74) is 7.72. The van der Waals surface area contributed by atoms with Crippen LogP contribution in [0.5, 0.6) is 0 Å². The molecule has 1 aromatic carbocycles. The number of likely N-dealkylation sites (tertiary alicyclic amines) is 1. The Kier molecular flexibility index (Phi) is 5.01. The molecule has 0 bridgehead atoms. The van der Waals surface area contributed by atoms with Crippen molar-refractivity contribution in [3.8, 4) is 0 Å². The minimum absolute atomic E-state index is 0.0821. The summed E-state index contributed by atoms with van der Waals surface area (Å²) in [5.74, 6) is 0. The Morgan fingerprint density at radius 3 is 2.45 bits per heavy atom. The van der Waals surface area contributed by atoms with Gasteiger partial charge in [-0.25, -0.2) is 0 Å². The van der Waals surface area contributed by atoms with E-state index in [1.165, 1.54) is 18.4 Å². The second-order valence-corrected chi connectivity index (χ2v) is 7.46. The van der Waals surface area contributed by atoms with E-state index in [-0.39, 0.29) is 17.6 Å². The molecule has 0 aliphatic carbocycles. The smallest absolute Gasteiger partial charge is 0.0595 e. The summed E-state index contributed by atoms with van der Waals surface area (Å²) in [5, 5.41) is 1.20. The van der Waals surface area contributed by atoms with Crippen LogP contribution in [-0.2, 0) is 0 Å². The van der Waals surface area contributed by atoms with Gasteiger partial charge in [0.15, 0.2) is 0 Å². The van der Waals surface area contributed by atoms with Gasteiger partial charge in [0.1, 0.15) is 0 Å². The fraction of sp³-hybridized carbons (Fsp3) is 0.625. The molecule has 1 aliphatic rings. The third-order valence-corrected chi connectivity index (χ3v) is 4.81. The molecule has 2 nitrogen and oxygen atoms in total. The van der Waals surface area contributed by atoms with Crippen molar-refractivity contribution >= 4 is 23.2 Å². The first-order valence-electron chi connectivity index (χ1n) is 7.28. The van der Waals surface area contributed by atoms with E-state index in [0.29, 0.717) is 10.0 Å². The summed E-state index contributed by atoms with van der Waals surface area (Å²) in [6.45, 7) is 7.81. The van der Waals surface area contributed by atoms with Gasteiger partial charge in [0.25, 0.3) is 0 Å². The van der Waals surface area contributed by atoms with Gasteiger partial charge in [-0.3, -0.25) is 4.90 Å². The summed E-state index contributed by atoms with van der Waals surface area (Å²) in [4.78, 5) is 2.50. The van der Waals surface area contributed by atoms with Crippen LogP contribution in [0.2, 0.25) is 10.0 Å². The van der Waals surface area contributed by atoms with Crippen molar-refractivity contribution in [2.75, 3.05) is 6.54 Å². The van der Waals surface area contributed by atoms with Gasteiger partial charge in [-0.15, -0.1) is 0 Å². The standard InChI is InChI=1S/C16H24Cl2N2/c1-16(2,3)20-9-5-4-6-14(19)15(20)11-7-8-12(17)13(18)10-11/h7-8,10,14-15H,4-6,9,19H2,1-3H3. The molecule has 0 amide bonds. The molecule has 2 rings (SSSR count). The van der Waals surface area contributed by atoms with Crippen molar-refractivity contribution in [1.82, 2.24) is 4.90 Å². The number of nitrogens with two attached hydrogens (primary N) is 1. The highest BCUT2D eigenvalue weighted by Crippen LogP contribution is 2.36. The van der Waals surface area contributed by atoms with Crippen LogP contribution in [0.25, 0.3) is 0 Å². The maximum Gasteiger partial charge on any atom is 0.0595 e. The third-order valence-electron chi connectivity index (χ3n) is 4.07. The molecular formula is C16H24Cl2N2. The van der Waals surface area contributed by atoms with Gasteiger partial charge in [0, 0.05) is 11.6 Å². The molecule has 0 radical (unpaired) electrons. The molecule has 0 aromatic heterocycles. The third kappa shape index (κ3) is 3.48. The maximum atomic E-state index is 6.47. The predicted octanol–water partition coefficient (Wildman–Crippen LogP) is 4.65. The second-order valence-electron chi connectivity index (χ2n) is 6.64. The van der Waals surface area contributed by atoms with E-state index >= 15 is 0 Å². The molecule has 1 fully saturated rings. The lowest BCUT2D eigenvalue weighted by Gasteiger charge is -2.43. The molecule has 2 unspecified atom stereocenters. The van der Waals surface area contributed by atoms with Crippen molar-refractivity contribution in [1.29, 1.82) is 0 Å². The van der Waals surface area contributed by atoms with Crippen molar-refractivity contribution in [2.45, 2.75) is 57.7 Å². The molecular weight excluding hydrogens is 291 g/mol. The Morgan fingerprint density at radius 2 is 1.85 bits per heavy atom. The van der Waals surface area contributed by atoms with Crippen LogP contribution in [0.1, 0.15) is 51.6 Å². The highest BCUT2D eigenvalue weighted by molar-refractivity contribution is 6.42. The summed E-state index contributed by atoms with van der Waals surface area (Å²) >= 11 is 12.2. The van der Waals surface area contributed by atoms with Crippen molar-refractivity contribution in [3.05, 3.63) is 33.8 Å². The van der Waals surface area contributed by atoms with Gasteiger partial charge in [0.2, 0.25) is 0 Å². The largest absolute Gasteiger partial charge is 0.326 e. The normalized spacial score (nSPS) is 25.5. The van der Waals surface area contributed by atoms with Crippen LogP contribution in [-0.4, -0.2) is 23.0 Å². The van der Waals surface area contributed by atoms with Gasteiger partial charge in [-0.05, 0) is 57.9 Å². The lowest BCUT2D eigenvalue weighted by molar-refractivity contribution is 0.0755. The molecule has 1 heterocycles. The summed E-state index contributed by atoms with van der Waals surface area (Å²) in [6, 6.07) is 6.24. The number of nitrogens with zero attached hydrogens (tertiary/aromatic N) is 1. The van der Waals surface area contributed by atoms with E-state index in [4.69, 9.17) is 28.9 Å². The topological polar surface area (TPSA) is 29.3 Å². The zero-order chi connectivity index (χ0) is 14.9. The highest BCUT2D eigenvalue weighted by Gasteiger charge is 2.35. The minimum Gasteiger partial charge on any atom is -0.326 e. The number of rotatable bonds is 1. The van der Waals surface area contributed by atoms with Crippen LogP contribution < -0.4 is 5.73 Å². The lowest BCUT2D eigenvalue weighted by atomic mass is 9.92. The zero-order valence-corrected chi connectivity index (χ0v) is 14.0. The van der Waals surface area contributed by atoms with E-state index < -0.39 is 0 Å². The Labute approximate surface area is 132 Å². The number of hydrogen-bond donors (Lipinski definition) is 1. The molecule has 0 saturated carbocycles. The van der Waals surface area contributed by atoms with E-state index in [9.17, 15) is 0 Å². The first-order valence-corrected chi connectivity index (χ1v) is 8.03. The van der Waals surface area contributed by atoms with Crippen LogP contribution in [0.4, 0.5) is 0 Å². The molecule has 4 heteroatoms. The molecule has 2 atom stereocenters. The lowest BCUT2D eigenvalue weighted by Crippen LogP contribution is -2.49. The van der Waals surface area contributed by atoms with Crippen LogP contribution in [0.15, 0.2) is 18.2 Å². The molecule has 20 heavy (non-hydrogen) atoms. The molecule has 1 aliphatic heterocycles. The summed E-state index contributed by atoms with van der Waals surface area (Å²) in [6.07, 6.45) is 3.44. The first kappa shape index (κ1) is 16.1. The summed E-state index contributed by atoms with van der Waals surface area (Å²) in [7, 11) is 0. The van der Waals surface area contributed by atoms with Crippen LogP contribution in [0.3, 0.4) is 0 Å². The van der Waals surface area contributed by atoms with E-state index in [1.807, 2.05) is 12.1 Å². The Balaban J connectivity index is 2.42. The average molecular weight is 315 g/mol. The quantitative estimate of drug-likeness (QED) is 0.817. The Hall–Kier alpha value is -0.280. The Morgan fingerprint density at radius 1 is 1.15 bits per heavy atom. The van der Waals surface area contributed by atoms with Gasteiger partial charge >= 0.3 is 0 Å². The van der Waals surface area contributed by atoms with Crippen LogP contribution >= 0.6 is 23.2 Å². The van der Waals surface area contributed by atoms with Gasteiger partial charge in [-0.2, -0.15) is 0 Å². The molecule has 1 saturated heterocycles. The fourth-order valence-electron chi connectivity index (χ4n) is 3.07. The number of benzene rings is 1. The maximum absolute atomic E-state index is 6.47. The Bertz CT molecular complexity index is 468. The van der Waals surface area contributed by atoms with Crippen LogP contribution in [0, 0.1) is 0 Å². The molecule has 1 aromatic rings. The van der Waals surface area contributed by atoms with Gasteiger partial charge in [-0.1, -0.05) is 35.7 Å². The number of halogens is 2. The first-order chi connectivity index (χ1) is 9.30. The van der Waals surface area contributed by atoms with Gasteiger partial charge < -0.3 is 5.73 Å². The number of hydrogen-bond acceptors (Lipinski definition) is 2. The minimum atomic E-state index is 0.0821. The van der Waals surface area contributed by atoms with E-state index in [2.05, 4.69) is 31.7 Å². The van der Waals surface area contributed by atoms with E-state index in [0.717, 1.165) is 13.0 Å². The fourth-order valence-corrected chi connectivity index (χ4v) is 3.37. The average Bonchev–Trinajstić information content (AvgIpc) is 2.54. The van der Waals surface area contributed by atoms with Crippen molar-refractivity contribution in [3.63, 3.8) is 0 Å². The molecule has 0 spiro atoms. The SMILES string of the molecule is CC(C)(C)N1CCCCC(N)C1c1ccc(Cl)c(Cl)c1.